The van der Waals surface area contributed by atoms with Gasteiger partial charge in [-0.2, -0.15) is 5.10 Å². The average Bonchev–Trinajstić information content (AvgIpc) is 3.63. The number of halogens is 2. The molecule has 0 fully saturated rings. The normalized spacial score (nSPS) is 12.7. The van der Waals surface area contributed by atoms with Gasteiger partial charge in [-0.1, -0.05) is 53.7 Å². The Morgan fingerprint density at radius 1 is 1.13 bits per heavy atom. The van der Waals surface area contributed by atoms with Crippen molar-refractivity contribution in [2.75, 3.05) is 24.8 Å². The van der Waals surface area contributed by atoms with Crippen LogP contribution in [0.25, 0.3) is 22.9 Å². The molecule has 3 aromatic heterocycles. The van der Waals surface area contributed by atoms with Crippen LogP contribution in [-0.2, 0) is 21.7 Å². The average molecular weight is 532 g/mol. The number of rotatable bonds is 9. The van der Waals surface area contributed by atoms with Crippen LogP contribution >= 0.6 is 0 Å². The van der Waals surface area contributed by atoms with E-state index in [-0.39, 0.29) is 29.7 Å². The lowest BCUT2D eigenvalue weighted by Crippen LogP contribution is -2.44. The summed E-state index contributed by atoms with van der Waals surface area (Å²) in [5, 5.41) is 11.1. The number of carbonyl (C=O) groups excluding carboxylic acids is 1. The first kappa shape index (κ1) is 25.7. The van der Waals surface area contributed by atoms with E-state index in [4.69, 9.17) is 15.0 Å². The number of ether oxygens (including phenoxy) is 1. The van der Waals surface area contributed by atoms with Crippen molar-refractivity contribution >= 4 is 17.4 Å². The number of alkyl halides is 1. The summed E-state index contributed by atoms with van der Waals surface area (Å²) >= 11 is 0. The summed E-state index contributed by atoms with van der Waals surface area (Å²) in [5.41, 5.74) is 6.43. The number of aromatic nitrogens is 5. The second-order valence-electron chi connectivity index (χ2n) is 8.53. The zero-order valence-electron chi connectivity index (χ0n) is 20.7. The Bertz CT molecular complexity index is 1590. The highest BCUT2D eigenvalue weighted by molar-refractivity contribution is 5.99. The molecular weight excluding hydrogens is 508 g/mol. The van der Waals surface area contributed by atoms with Gasteiger partial charge in [0, 0.05) is 18.7 Å². The number of benzene rings is 2. The molecule has 0 saturated carbocycles. The zero-order chi connectivity index (χ0) is 27.4. The van der Waals surface area contributed by atoms with Gasteiger partial charge in [0.15, 0.2) is 17.2 Å². The Morgan fingerprint density at radius 2 is 1.90 bits per heavy atom. The zero-order valence-corrected chi connectivity index (χ0v) is 20.7. The van der Waals surface area contributed by atoms with Crippen molar-refractivity contribution in [2.24, 2.45) is 0 Å². The molecule has 0 aliphatic rings. The summed E-state index contributed by atoms with van der Waals surface area (Å²) in [6.07, 6.45) is 2.71. The van der Waals surface area contributed by atoms with E-state index in [1.165, 1.54) is 25.6 Å². The van der Waals surface area contributed by atoms with E-state index in [2.05, 4.69) is 25.5 Å². The molecule has 39 heavy (non-hydrogen) atoms. The van der Waals surface area contributed by atoms with Crippen molar-refractivity contribution in [3.8, 4) is 22.9 Å². The Labute approximate surface area is 221 Å². The molecule has 1 atom stereocenters. The highest BCUT2D eigenvalue weighted by Gasteiger charge is 2.41. The maximum Gasteiger partial charge on any atom is 0.264 e. The molecule has 0 unspecified atom stereocenters. The molecule has 0 aliphatic carbocycles. The van der Waals surface area contributed by atoms with Crippen molar-refractivity contribution in [1.82, 2.24) is 24.9 Å². The van der Waals surface area contributed by atoms with Gasteiger partial charge in [0.25, 0.3) is 5.91 Å². The molecule has 3 N–H and O–H groups in total. The van der Waals surface area contributed by atoms with E-state index in [9.17, 15) is 13.6 Å². The van der Waals surface area contributed by atoms with E-state index in [1.807, 2.05) is 0 Å². The number of hydrogen-bond acceptors (Lipinski definition) is 8. The van der Waals surface area contributed by atoms with Gasteiger partial charge in [0.05, 0.1) is 18.4 Å². The largest absolute Gasteiger partial charge is 0.382 e. The summed E-state index contributed by atoms with van der Waals surface area (Å²) in [6.45, 7) is -0.997. The molecule has 5 aromatic rings. The number of nitrogens with zero attached hydrogens (tertiary/aromatic N) is 5. The minimum Gasteiger partial charge on any atom is -0.382 e. The van der Waals surface area contributed by atoms with Crippen LogP contribution in [0.5, 0.6) is 0 Å². The molecule has 12 heteroatoms. The minimum atomic E-state index is -1.88. The second-order valence-corrected chi connectivity index (χ2v) is 8.53. The van der Waals surface area contributed by atoms with Gasteiger partial charge in [-0.3, -0.25) is 9.48 Å². The SMILES string of the molecule is CO[C@@](CF)(C(=O)Nc1cnc(-c2cc(-c3ccon3)n(Cc3ccccc3F)n2)nc1N)c1ccccc1. The molecule has 10 nitrogen and oxygen atoms in total. The van der Waals surface area contributed by atoms with Gasteiger partial charge in [-0.15, -0.1) is 0 Å². The Kier molecular flexibility index (Phi) is 7.10. The summed E-state index contributed by atoms with van der Waals surface area (Å²) in [6, 6.07) is 18.0. The van der Waals surface area contributed by atoms with Crippen LogP contribution in [0.2, 0.25) is 0 Å². The lowest BCUT2D eigenvalue weighted by molar-refractivity contribution is -0.141. The van der Waals surface area contributed by atoms with Gasteiger partial charge in [-0.05, 0) is 17.7 Å². The van der Waals surface area contributed by atoms with E-state index < -0.39 is 18.2 Å². The number of anilines is 2. The Hall–Kier alpha value is -4.97. The van der Waals surface area contributed by atoms with Crippen LogP contribution in [0, 0.1) is 5.82 Å². The highest BCUT2D eigenvalue weighted by atomic mass is 19.1. The van der Waals surface area contributed by atoms with Gasteiger partial charge in [0.2, 0.25) is 0 Å². The van der Waals surface area contributed by atoms with E-state index in [0.29, 0.717) is 28.2 Å². The predicted molar refractivity (Wildman–Crippen MR) is 138 cm³/mol. The van der Waals surface area contributed by atoms with Crippen LogP contribution in [0.15, 0.2) is 83.7 Å². The summed E-state index contributed by atoms with van der Waals surface area (Å²) in [7, 11) is 1.25. The molecule has 0 spiro atoms. The highest BCUT2D eigenvalue weighted by Crippen LogP contribution is 2.30. The van der Waals surface area contributed by atoms with Crippen molar-refractivity contribution in [1.29, 1.82) is 0 Å². The predicted octanol–water partition coefficient (Wildman–Crippen LogP) is 4.21. The molecule has 5 rings (SSSR count). The molecule has 1 amide bonds. The first-order valence-corrected chi connectivity index (χ1v) is 11.8. The number of nitrogen functional groups attached to an aromatic ring is 1. The maximum atomic E-state index is 14.3. The number of nitrogens with two attached hydrogens (primary N) is 1. The van der Waals surface area contributed by atoms with Crippen molar-refractivity contribution < 1.29 is 22.8 Å². The molecular formula is C27H23F2N7O3. The number of nitrogens with one attached hydrogen (secondary N) is 1. The Balaban J connectivity index is 1.45. The Morgan fingerprint density at radius 3 is 2.56 bits per heavy atom. The third-order valence-electron chi connectivity index (χ3n) is 6.20. The van der Waals surface area contributed by atoms with Crippen molar-refractivity contribution in [3.63, 3.8) is 0 Å². The summed E-state index contributed by atoms with van der Waals surface area (Å²) in [5.74, 6) is -1.08. The van der Waals surface area contributed by atoms with Crippen LogP contribution < -0.4 is 11.1 Å². The van der Waals surface area contributed by atoms with Gasteiger partial charge in [-0.25, -0.2) is 18.7 Å². The number of amides is 1. The number of methoxy groups -OCH3 is 1. The molecule has 0 aliphatic heterocycles. The van der Waals surface area contributed by atoms with E-state index in [1.54, 1.807) is 65.3 Å². The van der Waals surface area contributed by atoms with E-state index in [0.717, 1.165) is 0 Å². The smallest absolute Gasteiger partial charge is 0.264 e. The van der Waals surface area contributed by atoms with Gasteiger partial charge < -0.3 is 20.3 Å². The molecule has 0 saturated heterocycles. The molecule has 0 radical (unpaired) electrons. The standard InChI is InChI=1S/C27H23F2N7O3/c1-38-27(16-28,18-8-3-2-4-9-18)26(37)32-22-14-31-25(33-24(22)30)21-13-23(20-11-12-39-35-20)36(34-21)15-17-7-5-6-10-19(17)29/h2-14H,15-16H2,1H3,(H,32,37)(H2,30,31,33)/t27-/m1/s1. The fourth-order valence-electron chi connectivity index (χ4n) is 4.06. The quantitative estimate of drug-likeness (QED) is 0.289. The van der Waals surface area contributed by atoms with Crippen LogP contribution in [0.4, 0.5) is 20.3 Å². The third-order valence-corrected chi connectivity index (χ3v) is 6.20. The molecule has 198 valence electrons. The maximum absolute atomic E-state index is 14.3. The van der Waals surface area contributed by atoms with E-state index >= 15 is 0 Å². The minimum absolute atomic E-state index is 0.0667. The monoisotopic (exact) mass is 531 g/mol. The molecule has 3 heterocycles. The topological polar surface area (TPSA) is 134 Å². The third kappa shape index (κ3) is 4.97. The number of hydrogen-bond donors (Lipinski definition) is 2. The summed E-state index contributed by atoms with van der Waals surface area (Å²) in [4.78, 5) is 21.7. The fraction of sp³-hybridized carbons (Fsp3) is 0.148. The molecule has 2 aromatic carbocycles. The second kappa shape index (κ2) is 10.8. The summed E-state index contributed by atoms with van der Waals surface area (Å²) < 4.78 is 40.4. The fourth-order valence-corrected chi connectivity index (χ4v) is 4.06. The van der Waals surface area contributed by atoms with Crippen molar-refractivity contribution in [2.45, 2.75) is 12.1 Å². The first-order chi connectivity index (χ1) is 18.9. The lowest BCUT2D eigenvalue weighted by Gasteiger charge is -2.28. The molecule has 0 bridgehead atoms. The lowest BCUT2D eigenvalue weighted by atomic mass is 9.93. The first-order valence-electron chi connectivity index (χ1n) is 11.8. The number of carbonyl (C=O) groups is 1. The van der Waals surface area contributed by atoms with Crippen LogP contribution in [0.1, 0.15) is 11.1 Å². The van der Waals surface area contributed by atoms with Crippen LogP contribution in [0.3, 0.4) is 0 Å². The van der Waals surface area contributed by atoms with Crippen LogP contribution in [-0.4, -0.2) is 44.6 Å². The van der Waals surface area contributed by atoms with Gasteiger partial charge in [0.1, 0.15) is 35.8 Å². The van der Waals surface area contributed by atoms with Crippen molar-refractivity contribution in [3.05, 3.63) is 96.1 Å². The van der Waals surface area contributed by atoms with Gasteiger partial charge >= 0.3 is 0 Å².